The standard InChI is InChI=1S/4C6H5.Pt/c4*1-2-4-6-5-3-1;/h4*1-5H;/q;;;;-4. The molecular weight excluding hydrogens is 483 g/mol. The van der Waals surface area contributed by atoms with Gasteiger partial charge in [0.1, 0.15) is 0 Å². The number of rotatable bonds is 4. The van der Waals surface area contributed by atoms with Crippen LogP contribution < -0.4 is 15.8 Å². The Bertz CT molecular complexity index is 753. The second-order valence-electron chi connectivity index (χ2n) is 5.51. The number of benzene rings is 4. The van der Waals surface area contributed by atoms with Gasteiger partial charge in [0.05, 0.1) is 0 Å². The van der Waals surface area contributed by atoms with Gasteiger partial charge >= 0.3 is 153 Å². The summed E-state index contributed by atoms with van der Waals surface area (Å²) in [4.78, 5) is 0. The molecule has 0 aliphatic carbocycles. The predicted octanol–water partition coefficient (Wildman–Crippen LogP) is 3.44. The first-order valence-electron chi connectivity index (χ1n) is 8.28. The molecule has 0 fully saturated rings. The van der Waals surface area contributed by atoms with E-state index in [1.807, 2.05) is 0 Å². The molecule has 0 saturated heterocycles. The molecule has 0 atom stereocenters. The molecule has 0 aliphatic rings. The summed E-state index contributed by atoms with van der Waals surface area (Å²) >= 11 is -2.89. The van der Waals surface area contributed by atoms with Gasteiger partial charge in [-0.3, -0.25) is 0 Å². The summed E-state index contributed by atoms with van der Waals surface area (Å²) in [6, 6.07) is 44.3. The van der Waals surface area contributed by atoms with Gasteiger partial charge in [-0.2, -0.15) is 0 Å². The summed E-state index contributed by atoms with van der Waals surface area (Å²) in [5.41, 5.74) is 0. The summed E-state index contributed by atoms with van der Waals surface area (Å²) in [7, 11) is 0. The van der Waals surface area contributed by atoms with Crippen molar-refractivity contribution in [3.05, 3.63) is 121 Å². The molecule has 0 amide bonds. The molecule has 0 aromatic heterocycles. The Morgan fingerprint density at radius 3 is 0.680 bits per heavy atom. The van der Waals surface area contributed by atoms with Crippen LogP contribution in [0.15, 0.2) is 121 Å². The maximum absolute atomic E-state index is 2.89. The Morgan fingerprint density at radius 1 is 0.280 bits per heavy atom. The Balaban J connectivity index is 2.13. The normalized spacial score (nSPS) is 11.8. The second-order valence-corrected chi connectivity index (χ2v) is 14.2. The first-order valence-corrected chi connectivity index (χ1v) is 12.8. The molecule has 130 valence electrons. The van der Waals surface area contributed by atoms with Gasteiger partial charge in [0.15, 0.2) is 0 Å². The molecule has 0 bridgehead atoms. The Kier molecular flexibility index (Phi) is 4.63. The second kappa shape index (κ2) is 7.21. The van der Waals surface area contributed by atoms with Crippen LogP contribution in [0.25, 0.3) is 0 Å². The molecule has 4 rings (SSSR count). The molecular formula is C24H20Pt-4. The molecule has 0 nitrogen and oxygen atoms in total. The van der Waals surface area contributed by atoms with Crippen LogP contribution in [0.2, 0.25) is 0 Å². The van der Waals surface area contributed by atoms with E-state index in [9.17, 15) is 0 Å². The third kappa shape index (κ3) is 2.88. The van der Waals surface area contributed by atoms with Crippen LogP contribution in [0.3, 0.4) is 0 Å². The van der Waals surface area contributed by atoms with Crippen LogP contribution in [0.5, 0.6) is 0 Å². The van der Waals surface area contributed by atoms with Crippen LogP contribution in [0.4, 0.5) is 0 Å². The van der Waals surface area contributed by atoms with E-state index >= 15 is 0 Å². The molecule has 0 unspecified atom stereocenters. The van der Waals surface area contributed by atoms with E-state index in [0.29, 0.717) is 0 Å². The molecule has 0 spiro atoms. The van der Waals surface area contributed by atoms with E-state index in [1.54, 1.807) is 0 Å². The van der Waals surface area contributed by atoms with Crippen molar-refractivity contribution in [3.63, 3.8) is 0 Å². The van der Waals surface area contributed by atoms with E-state index in [-0.39, 0.29) is 0 Å². The summed E-state index contributed by atoms with van der Waals surface area (Å²) in [5.74, 6) is 0. The van der Waals surface area contributed by atoms with E-state index in [0.717, 1.165) is 0 Å². The minimum atomic E-state index is -2.89. The Hall–Kier alpha value is -2.43. The minimum absolute atomic E-state index is 1.46. The quantitative estimate of drug-likeness (QED) is 0.401. The monoisotopic (exact) mass is 503 g/mol. The van der Waals surface area contributed by atoms with Crippen molar-refractivity contribution in [1.82, 2.24) is 0 Å². The van der Waals surface area contributed by atoms with Gasteiger partial charge in [0, 0.05) is 0 Å². The van der Waals surface area contributed by atoms with Gasteiger partial charge in [0.2, 0.25) is 0 Å². The summed E-state index contributed by atoms with van der Waals surface area (Å²) in [5, 5.41) is 0. The fourth-order valence-electron chi connectivity index (χ4n) is 2.88. The summed E-state index contributed by atoms with van der Waals surface area (Å²) < 4.78 is 5.83. The zero-order valence-electron chi connectivity index (χ0n) is 13.9. The van der Waals surface area contributed by atoms with Crippen molar-refractivity contribution in [3.8, 4) is 0 Å². The average Bonchev–Trinajstić information content (AvgIpc) is 2.72. The zero-order chi connectivity index (χ0) is 17.0. The van der Waals surface area contributed by atoms with Crippen molar-refractivity contribution in [2.24, 2.45) is 0 Å². The maximum atomic E-state index is 2.31. The van der Waals surface area contributed by atoms with E-state index in [1.165, 1.54) is 15.8 Å². The fourth-order valence-corrected chi connectivity index (χ4v) is 13.7. The molecule has 0 saturated carbocycles. The molecule has 25 heavy (non-hydrogen) atoms. The van der Waals surface area contributed by atoms with Gasteiger partial charge < -0.3 is 0 Å². The third-order valence-electron chi connectivity index (χ3n) is 3.95. The SMILES string of the molecule is c1cc[c]([Pt-4]([c]2ccccc2)([c]2ccccc2)[c]2ccccc2)cc1. The Labute approximate surface area is 153 Å². The number of hydrogen-bond acceptors (Lipinski definition) is 0. The van der Waals surface area contributed by atoms with Crippen molar-refractivity contribution in [1.29, 1.82) is 0 Å². The molecule has 0 heterocycles. The van der Waals surface area contributed by atoms with Gasteiger partial charge in [0.25, 0.3) is 0 Å². The van der Waals surface area contributed by atoms with Crippen molar-refractivity contribution >= 4 is 15.8 Å². The summed E-state index contributed by atoms with van der Waals surface area (Å²) in [6.07, 6.45) is 0. The average molecular weight is 504 g/mol. The van der Waals surface area contributed by atoms with Gasteiger partial charge in [-0.15, -0.1) is 0 Å². The molecule has 1 heteroatoms. The molecule has 0 aliphatic heterocycles. The molecule has 0 N–H and O–H groups in total. The van der Waals surface area contributed by atoms with Crippen LogP contribution in [-0.2, 0) is 16.1 Å². The van der Waals surface area contributed by atoms with E-state index in [2.05, 4.69) is 121 Å². The van der Waals surface area contributed by atoms with Crippen LogP contribution in [-0.4, -0.2) is 0 Å². The molecule has 4 aromatic rings. The van der Waals surface area contributed by atoms with Crippen molar-refractivity contribution < 1.29 is 16.1 Å². The summed E-state index contributed by atoms with van der Waals surface area (Å²) in [6.45, 7) is 0. The van der Waals surface area contributed by atoms with Gasteiger partial charge in [-0.05, 0) is 0 Å². The Morgan fingerprint density at radius 2 is 0.480 bits per heavy atom. The van der Waals surface area contributed by atoms with E-state index in [4.69, 9.17) is 0 Å². The van der Waals surface area contributed by atoms with Crippen LogP contribution >= 0.6 is 0 Å². The van der Waals surface area contributed by atoms with Crippen LogP contribution in [0, 0.1) is 0 Å². The molecule has 4 aromatic carbocycles. The van der Waals surface area contributed by atoms with Gasteiger partial charge in [-0.25, -0.2) is 0 Å². The topological polar surface area (TPSA) is 0 Å². The fraction of sp³-hybridized carbons (Fsp3) is 0. The van der Waals surface area contributed by atoms with Crippen molar-refractivity contribution in [2.45, 2.75) is 0 Å². The van der Waals surface area contributed by atoms with Crippen LogP contribution in [0.1, 0.15) is 0 Å². The zero-order valence-corrected chi connectivity index (χ0v) is 16.1. The third-order valence-corrected chi connectivity index (χ3v) is 14.8. The first kappa shape index (κ1) is 16.1. The first-order chi connectivity index (χ1) is 12.4. The van der Waals surface area contributed by atoms with Crippen molar-refractivity contribution in [2.75, 3.05) is 0 Å². The predicted molar refractivity (Wildman–Crippen MR) is 104 cm³/mol. The molecule has 0 radical (unpaired) electrons. The van der Waals surface area contributed by atoms with E-state index < -0.39 is 16.1 Å². The van der Waals surface area contributed by atoms with Gasteiger partial charge in [-0.1, -0.05) is 0 Å². The number of hydrogen-bond donors (Lipinski definition) is 0.